The van der Waals surface area contributed by atoms with E-state index in [9.17, 15) is 20.0 Å². The maximum atomic E-state index is 12.6. The summed E-state index contributed by atoms with van der Waals surface area (Å²) in [6.45, 7) is 4.95. The molecule has 1 fully saturated rings. The van der Waals surface area contributed by atoms with Gasteiger partial charge in [-0.25, -0.2) is 4.79 Å². The lowest BCUT2D eigenvalue weighted by Gasteiger charge is -2.22. The van der Waals surface area contributed by atoms with Crippen LogP contribution in [0.25, 0.3) is 0 Å². The van der Waals surface area contributed by atoms with Gasteiger partial charge in [-0.15, -0.1) is 0 Å². The lowest BCUT2D eigenvalue weighted by Crippen LogP contribution is -2.28. The summed E-state index contributed by atoms with van der Waals surface area (Å²) in [6, 6.07) is 19.9. The number of allylic oxidation sites excluding steroid dienone is 1. The molecule has 0 aromatic heterocycles. The number of carboxylic acid groups (broad SMARTS) is 1. The van der Waals surface area contributed by atoms with Crippen LogP contribution in [-0.2, 0) is 14.3 Å². The van der Waals surface area contributed by atoms with Crippen LogP contribution in [0, 0.1) is 39.4 Å². The van der Waals surface area contributed by atoms with E-state index in [1.165, 1.54) is 13.0 Å². The van der Waals surface area contributed by atoms with Crippen LogP contribution >= 0.6 is 0 Å². The van der Waals surface area contributed by atoms with Crippen molar-refractivity contribution in [2.45, 2.75) is 32.8 Å². The second-order valence-corrected chi connectivity index (χ2v) is 8.49. The molecule has 0 aliphatic heterocycles. The molecule has 2 aromatic carbocycles. The molecule has 3 rings (SSSR count). The molecule has 1 aliphatic carbocycles. The van der Waals surface area contributed by atoms with Gasteiger partial charge in [-0.2, -0.15) is 10.5 Å². The molecule has 7 heteroatoms. The number of ether oxygens (including phenoxy) is 2. The van der Waals surface area contributed by atoms with Crippen molar-refractivity contribution in [2.75, 3.05) is 0 Å². The first-order valence-corrected chi connectivity index (χ1v) is 10.4. The Bertz CT molecular complexity index is 1160. The monoisotopic (exact) mass is 444 g/mol. The summed E-state index contributed by atoms with van der Waals surface area (Å²) in [7, 11) is 0. The van der Waals surface area contributed by atoms with Gasteiger partial charge in [-0.05, 0) is 42.2 Å². The van der Waals surface area contributed by atoms with E-state index in [1.807, 2.05) is 18.2 Å². The SMILES string of the molecule is C[C@H](C#N)OC(=O)C=C[C@H]1C(C)(C)[C@]1(C(=O)O)[C@@H](C#N)c1cccc(Oc2ccccc2)c1. The van der Waals surface area contributed by atoms with Gasteiger partial charge in [0.15, 0.2) is 6.10 Å². The molecule has 1 saturated carbocycles. The Kier molecular flexibility index (Phi) is 6.55. The Balaban J connectivity index is 1.93. The number of para-hydroxylation sites is 1. The topological polar surface area (TPSA) is 120 Å². The molecule has 0 bridgehead atoms. The number of carboxylic acids is 1. The molecular weight excluding hydrogens is 420 g/mol. The molecule has 1 N–H and O–H groups in total. The first kappa shape index (κ1) is 23.6. The maximum Gasteiger partial charge on any atom is 0.331 e. The quantitative estimate of drug-likeness (QED) is 0.457. The van der Waals surface area contributed by atoms with Gasteiger partial charge in [-0.3, -0.25) is 4.79 Å². The Labute approximate surface area is 192 Å². The number of carbonyl (C=O) groups is 2. The van der Waals surface area contributed by atoms with Crippen LogP contribution in [0.5, 0.6) is 11.5 Å². The fourth-order valence-corrected chi connectivity index (χ4v) is 4.55. The summed E-state index contributed by atoms with van der Waals surface area (Å²) < 4.78 is 10.8. The van der Waals surface area contributed by atoms with Gasteiger partial charge in [0.05, 0.1) is 12.0 Å². The summed E-state index contributed by atoms with van der Waals surface area (Å²) in [4.78, 5) is 24.5. The fourth-order valence-electron chi connectivity index (χ4n) is 4.55. The molecule has 168 valence electrons. The van der Waals surface area contributed by atoms with Crippen molar-refractivity contribution in [3.05, 3.63) is 72.3 Å². The third-order valence-electron chi connectivity index (χ3n) is 6.26. The predicted octanol–water partition coefficient (Wildman–Crippen LogP) is 4.82. The molecular formula is C26H24N2O5. The molecule has 33 heavy (non-hydrogen) atoms. The zero-order valence-electron chi connectivity index (χ0n) is 18.6. The van der Waals surface area contributed by atoms with Crippen molar-refractivity contribution in [1.29, 1.82) is 10.5 Å². The highest BCUT2D eigenvalue weighted by Crippen LogP contribution is 2.75. The average molecular weight is 444 g/mol. The first-order valence-electron chi connectivity index (χ1n) is 10.4. The van der Waals surface area contributed by atoms with Crippen molar-refractivity contribution in [2.24, 2.45) is 16.7 Å². The third kappa shape index (κ3) is 4.31. The molecule has 1 aliphatic rings. The van der Waals surface area contributed by atoms with Gasteiger partial charge in [0.2, 0.25) is 0 Å². The van der Waals surface area contributed by atoms with Crippen molar-refractivity contribution >= 4 is 11.9 Å². The molecule has 0 unspecified atom stereocenters. The molecule has 4 atom stereocenters. The van der Waals surface area contributed by atoms with E-state index in [0.717, 1.165) is 6.08 Å². The van der Waals surface area contributed by atoms with E-state index in [-0.39, 0.29) is 0 Å². The third-order valence-corrected chi connectivity index (χ3v) is 6.26. The lowest BCUT2D eigenvalue weighted by molar-refractivity contribution is -0.145. The van der Waals surface area contributed by atoms with Crippen molar-refractivity contribution in [3.8, 4) is 23.6 Å². The van der Waals surface area contributed by atoms with Crippen LogP contribution in [0.1, 0.15) is 32.3 Å². The van der Waals surface area contributed by atoms with Crippen LogP contribution in [0.15, 0.2) is 66.7 Å². The van der Waals surface area contributed by atoms with Gasteiger partial charge < -0.3 is 14.6 Å². The number of carbonyl (C=O) groups excluding carboxylic acids is 1. The number of nitrogens with zero attached hydrogens (tertiary/aromatic N) is 2. The first-order chi connectivity index (χ1) is 15.7. The minimum absolute atomic E-state index is 0.485. The van der Waals surface area contributed by atoms with E-state index in [4.69, 9.17) is 14.7 Å². The predicted molar refractivity (Wildman–Crippen MR) is 119 cm³/mol. The minimum atomic E-state index is -1.45. The summed E-state index contributed by atoms with van der Waals surface area (Å²) in [5, 5.41) is 29.1. The molecule has 0 radical (unpaired) electrons. The van der Waals surface area contributed by atoms with E-state index < -0.39 is 40.7 Å². The molecule has 0 amide bonds. The number of nitriles is 2. The number of hydrogen-bond acceptors (Lipinski definition) is 6. The van der Waals surface area contributed by atoms with E-state index in [2.05, 4.69) is 6.07 Å². The number of hydrogen-bond donors (Lipinski definition) is 1. The van der Waals surface area contributed by atoms with Gasteiger partial charge in [0.25, 0.3) is 0 Å². The second-order valence-electron chi connectivity index (χ2n) is 8.49. The van der Waals surface area contributed by atoms with Crippen molar-refractivity contribution in [1.82, 2.24) is 0 Å². The number of aliphatic carboxylic acids is 1. The van der Waals surface area contributed by atoms with Crippen LogP contribution in [0.4, 0.5) is 0 Å². The molecule has 0 spiro atoms. The summed E-state index contributed by atoms with van der Waals surface area (Å²) in [6.07, 6.45) is 1.68. The van der Waals surface area contributed by atoms with Crippen LogP contribution in [0.2, 0.25) is 0 Å². The zero-order chi connectivity index (χ0) is 24.2. The Morgan fingerprint density at radius 1 is 1.06 bits per heavy atom. The fraction of sp³-hybridized carbons (Fsp3) is 0.308. The Morgan fingerprint density at radius 3 is 2.33 bits per heavy atom. The second kappa shape index (κ2) is 9.18. The van der Waals surface area contributed by atoms with Gasteiger partial charge in [-0.1, -0.05) is 50.3 Å². The smallest absolute Gasteiger partial charge is 0.331 e. The number of benzene rings is 2. The molecule has 7 nitrogen and oxygen atoms in total. The average Bonchev–Trinajstić information content (AvgIpc) is 3.29. The van der Waals surface area contributed by atoms with Crippen LogP contribution < -0.4 is 4.74 Å². The summed E-state index contributed by atoms with van der Waals surface area (Å²) in [5.74, 6) is -2.35. The van der Waals surface area contributed by atoms with E-state index in [0.29, 0.717) is 17.1 Å². The van der Waals surface area contributed by atoms with Crippen molar-refractivity contribution < 1.29 is 24.2 Å². The van der Waals surface area contributed by atoms with E-state index >= 15 is 0 Å². The zero-order valence-corrected chi connectivity index (χ0v) is 18.6. The Hall–Kier alpha value is -4.10. The molecule has 0 saturated heterocycles. The maximum absolute atomic E-state index is 12.6. The largest absolute Gasteiger partial charge is 0.481 e. The molecule has 0 heterocycles. The van der Waals surface area contributed by atoms with Gasteiger partial charge >= 0.3 is 11.9 Å². The lowest BCUT2D eigenvalue weighted by atomic mass is 9.78. The van der Waals surface area contributed by atoms with Crippen LogP contribution in [-0.4, -0.2) is 23.1 Å². The highest BCUT2D eigenvalue weighted by Gasteiger charge is 2.78. The highest BCUT2D eigenvalue weighted by atomic mass is 16.5. The number of esters is 1. The van der Waals surface area contributed by atoms with E-state index in [1.54, 1.807) is 56.3 Å². The van der Waals surface area contributed by atoms with Crippen molar-refractivity contribution in [3.63, 3.8) is 0 Å². The summed E-state index contributed by atoms with van der Waals surface area (Å²) >= 11 is 0. The molecule has 2 aromatic rings. The van der Waals surface area contributed by atoms with Gasteiger partial charge in [0.1, 0.15) is 23.0 Å². The number of rotatable bonds is 8. The highest BCUT2D eigenvalue weighted by molar-refractivity contribution is 5.86. The van der Waals surface area contributed by atoms with Gasteiger partial charge in [0, 0.05) is 12.0 Å². The normalized spacial score (nSPS) is 22.4. The summed E-state index contributed by atoms with van der Waals surface area (Å²) in [5.41, 5.74) is -1.75. The Morgan fingerprint density at radius 2 is 1.73 bits per heavy atom. The standard InChI is InChI=1S/C26H24N2O5/c1-17(15-27)32-23(29)13-12-22-25(2,3)26(22,24(30)31)21(16-28)18-8-7-11-20(14-18)33-19-9-5-4-6-10-19/h4-14,17,21-22H,1-3H3,(H,30,31)/t17-,21+,22+,26-/m1/s1. The minimum Gasteiger partial charge on any atom is -0.481 e. The van der Waals surface area contributed by atoms with Crippen LogP contribution in [0.3, 0.4) is 0 Å².